The predicted molar refractivity (Wildman–Crippen MR) is 142 cm³/mol. The van der Waals surface area contributed by atoms with E-state index in [1.807, 2.05) is 4.90 Å². The van der Waals surface area contributed by atoms with E-state index in [2.05, 4.69) is 4.90 Å². The summed E-state index contributed by atoms with van der Waals surface area (Å²) in [4.78, 5) is 44.7. The van der Waals surface area contributed by atoms with Crippen LogP contribution in [-0.4, -0.2) is 104 Å². The third-order valence-corrected chi connectivity index (χ3v) is 7.72. The van der Waals surface area contributed by atoms with E-state index in [0.717, 1.165) is 50.9 Å². The molecule has 2 saturated heterocycles. The second-order valence-corrected chi connectivity index (χ2v) is 10.1. The van der Waals surface area contributed by atoms with E-state index in [1.54, 1.807) is 41.1 Å². The maximum absolute atomic E-state index is 12.7. The number of piperidine rings is 1. The summed E-state index contributed by atoms with van der Waals surface area (Å²) in [6, 6.07) is 5.44. The highest BCUT2D eigenvalue weighted by molar-refractivity contribution is 6.42. The molecule has 8 nitrogen and oxygen atoms in total. The van der Waals surface area contributed by atoms with Gasteiger partial charge < -0.3 is 24.3 Å². The van der Waals surface area contributed by atoms with E-state index in [-0.39, 0.29) is 23.9 Å². The van der Waals surface area contributed by atoms with Gasteiger partial charge >= 0.3 is 6.09 Å². The number of amides is 3. The minimum Gasteiger partial charge on any atom is -0.453 e. The number of likely N-dealkylation sites (tertiary alicyclic amines) is 1. The van der Waals surface area contributed by atoms with Crippen molar-refractivity contribution in [1.82, 2.24) is 19.6 Å². The van der Waals surface area contributed by atoms with Crippen LogP contribution in [0.2, 0.25) is 10.0 Å². The van der Waals surface area contributed by atoms with Gasteiger partial charge in [0.2, 0.25) is 11.8 Å². The maximum atomic E-state index is 12.7. The summed E-state index contributed by atoms with van der Waals surface area (Å²) in [6.07, 6.45) is 7.12. The van der Waals surface area contributed by atoms with Crippen molar-refractivity contribution in [2.45, 2.75) is 38.1 Å². The Labute approximate surface area is 223 Å². The number of rotatable bonds is 8. The molecule has 0 saturated carbocycles. The molecule has 3 amide bonds. The van der Waals surface area contributed by atoms with Crippen LogP contribution >= 0.6 is 23.2 Å². The molecule has 0 spiro atoms. The van der Waals surface area contributed by atoms with Gasteiger partial charge in [0.05, 0.1) is 17.2 Å². The molecular formula is C26H36Cl2N4O4. The number of unbranched alkanes of at least 4 members (excludes halogenated alkanes) is 1. The lowest BCUT2D eigenvalue weighted by Crippen LogP contribution is -2.45. The number of carbonyl (C=O) groups excluding carboxylic acids is 3. The maximum Gasteiger partial charge on any atom is 0.409 e. The molecule has 3 rings (SSSR count). The lowest BCUT2D eigenvalue weighted by Gasteiger charge is -2.36. The summed E-state index contributed by atoms with van der Waals surface area (Å²) in [7, 11) is 3.21. The molecule has 198 valence electrons. The number of hydrogen-bond donors (Lipinski definition) is 0. The molecule has 0 radical (unpaired) electrons. The van der Waals surface area contributed by atoms with Gasteiger partial charge in [-0.2, -0.15) is 0 Å². The molecule has 2 aliphatic heterocycles. The van der Waals surface area contributed by atoms with Crippen LogP contribution in [0.4, 0.5) is 4.79 Å². The van der Waals surface area contributed by atoms with Crippen molar-refractivity contribution in [1.29, 1.82) is 0 Å². The molecule has 0 aliphatic carbocycles. The van der Waals surface area contributed by atoms with Gasteiger partial charge in [0.15, 0.2) is 0 Å². The zero-order chi connectivity index (χ0) is 26.1. The van der Waals surface area contributed by atoms with E-state index in [4.69, 9.17) is 27.9 Å². The fraction of sp³-hybridized carbons (Fsp3) is 0.577. The summed E-state index contributed by atoms with van der Waals surface area (Å²) in [6.45, 7) is 5.12. The summed E-state index contributed by atoms with van der Waals surface area (Å²) >= 11 is 12.0. The van der Waals surface area contributed by atoms with Gasteiger partial charge in [-0.05, 0) is 56.0 Å². The molecule has 0 N–H and O–H groups in total. The number of carbonyl (C=O) groups is 3. The predicted octanol–water partition coefficient (Wildman–Crippen LogP) is 4.01. The third kappa shape index (κ3) is 8.11. The zero-order valence-corrected chi connectivity index (χ0v) is 22.6. The molecule has 1 aromatic rings. The number of nitrogens with zero attached hydrogens (tertiary/aromatic N) is 4. The number of benzene rings is 1. The normalized spacial score (nSPS) is 17.9. The first-order valence-electron chi connectivity index (χ1n) is 12.5. The summed E-state index contributed by atoms with van der Waals surface area (Å²) < 4.78 is 4.81. The van der Waals surface area contributed by atoms with Crippen molar-refractivity contribution < 1.29 is 19.1 Å². The van der Waals surface area contributed by atoms with E-state index < -0.39 is 0 Å². The van der Waals surface area contributed by atoms with E-state index in [1.165, 1.54) is 13.2 Å². The van der Waals surface area contributed by atoms with Crippen LogP contribution in [0.25, 0.3) is 6.08 Å². The standard InChI is InChI=1S/C26H36Cl2N4O4/c1-29(26(35)36-2)21-9-14-30(15-10-21)12-3-4-13-31-17-18-32(16-11-25(31)34)24(33)8-6-20-5-7-22(27)23(28)19-20/h5-8,19,21H,3-4,9-18H2,1-2H3. The van der Waals surface area contributed by atoms with Crippen LogP contribution in [-0.2, 0) is 14.3 Å². The Morgan fingerprint density at radius 2 is 1.78 bits per heavy atom. The van der Waals surface area contributed by atoms with Crippen molar-refractivity contribution in [2.75, 3.05) is 60.0 Å². The topological polar surface area (TPSA) is 73.4 Å². The number of methoxy groups -OCH3 is 1. The van der Waals surface area contributed by atoms with Crippen LogP contribution < -0.4 is 0 Å². The Bertz CT molecular complexity index is 950. The van der Waals surface area contributed by atoms with Crippen LogP contribution in [0, 0.1) is 0 Å². The van der Waals surface area contributed by atoms with Gasteiger partial charge in [0.1, 0.15) is 0 Å². The summed E-state index contributed by atoms with van der Waals surface area (Å²) in [5.41, 5.74) is 0.796. The van der Waals surface area contributed by atoms with Crippen LogP contribution in [0.5, 0.6) is 0 Å². The van der Waals surface area contributed by atoms with Crippen LogP contribution in [0.1, 0.15) is 37.7 Å². The van der Waals surface area contributed by atoms with Gasteiger partial charge in [-0.1, -0.05) is 29.3 Å². The van der Waals surface area contributed by atoms with Gasteiger partial charge in [-0.15, -0.1) is 0 Å². The molecule has 10 heteroatoms. The smallest absolute Gasteiger partial charge is 0.409 e. The molecule has 0 bridgehead atoms. The molecule has 0 atom stereocenters. The largest absolute Gasteiger partial charge is 0.453 e. The first kappa shape index (κ1) is 28.3. The van der Waals surface area contributed by atoms with E-state index in [0.29, 0.717) is 42.6 Å². The fourth-order valence-corrected chi connectivity index (χ4v) is 4.98. The Morgan fingerprint density at radius 3 is 2.47 bits per heavy atom. The molecule has 2 aliphatic rings. The second kappa shape index (κ2) is 13.9. The molecule has 2 fully saturated rings. The second-order valence-electron chi connectivity index (χ2n) is 9.32. The Morgan fingerprint density at radius 1 is 1.06 bits per heavy atom. The average Bonchev–Trinajstić information content (AvgIpc) is 3.07. The van der Waals surface area contributed by atoms with E-state index in [9.17, 15) is 14.4 Å². The number of ether oxygens (including phenoxy) is 1. The highest BCUT2D eigenvalue weighted by atomic mass is 35.5. The Kier molecular flexibility index (Phi) is 10.9. The molecule has 2 heterocycles. The minimum atomic E-state index is -0.279. The quantitative estimate of drug-likeness (QED) is 0.369. The molecule has 36 heavy (non-hydrogen) atoms. The van der Waals surface area contributed by atoms with Crippen molar-refractivity contribution >= 4 is 47.2 Å². The van der Waals surface area contributed by atoms with Gasteiger partial charge in [0.25, 0.3) is 0 Å². The molecular weight excluding hydrogens is 503 g/mol. The first-order chi connectivity index (χ1) is 17.3. The van der Waals surface area contributed by atoms with Gasteiger partial charge in [-0.3, -0.25) is 9.59 Å². The average molecular weight is 540 g/mol. The van der Waals surface area contributed by atoms with Gasteiger partial charge in [-0.25, -0.2) is 4.79 Å². The third-order valence-electron chi connectivity index (χ3n) is 6.98. The van der Waals surface area contributed by atoms with E-state index >= 15 is 0 Å². The molecule has 1 aromatic carbocycles. The lowest BCUT2D eigenvalue weighted by atomic mass is 10.0. The van der Waals surface area contributed by atoms with Crippen molar-refractivity contribution in [3.8, 4) is 0 Å². The SMILES string of the molecule is COC(=O)N(C)C1CCN(CCCCN2CCN(C(=O)C=Cc3ccc(Cl)c(Cl)c3)CCC2=O)CC1. The summed E-state index contributed by atoms with van der Waals surface area (Å²) in [5, 5.41) is 0.914. The lowest BCUT2D eigenvalue weighted by molar-refractivity contribution is -0.130. The molecule has 0 unspecified atom stereocenters. The zero-order valence-electron chi connectivity index (χ0n) is 21.1. The first-order valence-corrected chi connectivity index (χ1v) is 13.3. The number of hydrogen-bond acceptors (Lipinski definition) is 5. The summed E-state index contributed by atoms with van der Waals surface area (Å²) in [5.74, 6) is -0.0117. The van der Waals surface area contributed by atoms with Gasteiger partial charge in [0, 0.05) is 64.9 Å². The number of halogens is 2. The monoisotopic (exact) mass is 538 g/mol. The van der Waals surface area contributed by atoms with Crippen molar-refractivity contribution in [3.63, 3.8) is 0 Å². The van der Waals surface area contributed by atoms with Crippen LogP contribution in [0.3, 0.4) is 0 Å². The van der Waals surface area contributed by atoms with Crippen molar-refractivity contribution in [3.05, 3.63) is 39.9 Å². The Balaban J connectivity index is 1.36. The Hall–Kier alpha value is -2.29. The fourth-order valence-electron chi connectivity index (χ4n) is 4.67. The highest BCUT2D eigenvalue weighted by Gasteiger charge is 2.26. The minimum absolute atomic E-state index is 0.102. The van der Waals surface area contributed by atoms with Crippen LogP contribution in [0.15, 0.2) is 24.3 Å². The highest BCUT2D eigenvalue weighted by Crippen LogP contribution is 2.23. The van der Waals surface area contributed by atoms with Crippen molar-refractivity contribution in [2.24, 2.45) is 0 Å². The molecule has 0 aromatic heterocycles.